The first kappa shape index (κ1) is 17.4. The maximum Gasteiger partial charge on any atom is 0.269 e. The molecule has 2 N–H and O–H groups in total. The summed E-state index contributed by atoms with van der Waals surface area (Å²) in [6, 6.07) is 14.9. The molecule has 0 saturated heterocycles. The molecule has 0 aliphatic heterocycles. The third-order valence-corrected chi connectivity index (χ3v) is 4.21. The van der Waals surface area contributed by atoms with Gasteiger partial charge in [0, 0.05) is 23.2 Å². The van der Waals surface area contributed by atoms with Crippen LogP contribution in [0.1, 0.15) is 29.3 Å². The van der Waals surface area contributed by atoms with Gasteiger partial charge in [-0.1, -0.05) is 43.7 Å². The van der Waals surface area contributed by atoms with Crippen molar-refractivity contribution in [3.8, 4) is 5.75 Å². The van der Waals surface area contributed by atoms with Crippen LogP contribution < -0.4 is 5.32 Å². The van der Waals surface area contributed by atoms with E-state index in [9.17, 15) is 20.0 Å². The van der Waals surface area contributed by atoms with E-state index < -0.39 is 10.8 Å². The molecule has 26 heavy (non-hydrogen) atoms. The highest BCUT2D eigenvalue weighted by atomic mass is 16.6. The number of hydrogen-bond acceptors (Lipinski definition) is 4. The van der Waals surface area contributed by atoms with Gasteiger partial charge in [0.2, 0.25) is 0 Å². The van der Waals surface area contributed by atoms with Gasteiger partial charge in [-0.3, -0.25) is 14.9 Å². The zero-order valence-electron chi connectivity index (χ0n) is 14.2. The van der Waals surface area contributed by atoms with Crippen molar-refractivity contribution in [3.63, 3.8) is 0 Å². The Morgan fingerprint density at radius 2 is 1.92 bits per heavy atom. The molecule has 1 amide bonds. The Morgan fingerprint density at radius 3 is 2.65 bits per heavy atom. The molecule has 0 unspecified atom stereocenters. The predicted molar refractivity (Wildman–Crippen MR) is 101 cm³/mol. The molecule has 0 atom stereocenters. The molecule has 132 valence electrons. The summed E-state index contributed by atoms with van der Waals surface area (Å²) in [5.41, 5.74) is 1.34. The number of carbonyl (C=O) groups excluding carboxylic acids is 1. The van der Waals surface area contributed by atoms with E-state index in [1.165, 1.54) is 18.2 Å². The number of aromatic hydroxyl groups is 1. The third kappa shape index (κ3) is 3.35. The van der Waals surface area contributed by atoms with E-state index >= 15 is 0 Å². The van der Waals surface area contributed by atoms with E-state index in [0.717, 1.165) is 11.8 Å². The van der Waals surface area contributed by atoms with Crippen LogP contribution in [0, 0.1) is 10.1 Å². The summed E-state index contributed by atoms with van der Waals surface area (Å²) in [7, 11) is 0. The normalized spacial score (nSPS) is 10.7. The second-order valence-electron chi connectivity index (χ2n) is 5.99. The number of amides is 1. The molecule has 0 heterocycles. The Balaban J connectivity index is 1.95. The summed E-state index contributed by atoms with van der Waals surface area (Å²) in [5, 5.41) is 25.6. The zero-order chi connectivity index (χ0) is 18.7. The molecule has 6 nitrogen and oxygen atoms in total. The highest BCUT2D eigenvalue weighted by Gasteiger charge is 2.17. The van der Waals surface area contributed by atoms with Crippen molar-refractivity contribution in [1.82, 2.24) is 0 Å². The summed E-state index contributed by atoms with van der Waals surface area (Å²) in [6.07, 6.45) is 1.38. The highest BCUT2D eigenvalue weighted by molar-refractivity contribution is 6.10. The standard InChI is InChI=1S/C20H18N2O4/c1-2-5-14-12-15(22(25)26)9-11-18(14)21-20(24)17-10-8-13-6-3-4-7-16(13)19(17)23/h3-4,6-12,23H,2,5H2,1H3,(H,21,24). The minimum absolute atomic E-state index is 0.0139. The molecule has 0 spiro atoms. The van der Waals surface area contributed by atoms with Crippen LogP contribution in [-0.4, -0.2) is 15.9 Å². The zero-order valence-corrected chi connectivity index (χ0v) is 14.2. The molecule has 0 aliphatic rings. The van der Waals surface area contributed by atoms with Crippen molar-refractivity contribution in [3.05, 3.63) is 75.8 Å². The van der Waals surface area contributed by atoms with Crippen LogP contribution in [0.2, 0.25) is 0 Å². The minimum atomic E-state index is -0.459. The number of carbonyl (C=O) groups is 1. The predicted octanol–water partition coefficient (Wildman–Crippen LogP) is 4.66. The number of hydrogen-bond donors (Lipinski definition) is 2. The number of phenolic OH excluding ortho intramolecular Hbond substituents is 1. The Kier molecular flexibility index (Phi) is 4.84. The van der Waals surface area contributed by atoms with E-state index in [1.807, 2.05) is 19.1 Å². The summed E-state index contributed by atoms with van der Waals surface area (Å²) in [6.45, 7) is 1.96. The van der Waals surface area contributed by atoms with E-state index in [1.54, 1.807) is 24.3 Å². The SMILES string of the molecule is CCCc1cc([N+](=O)[O-])ccc1NC(=O)c1ccc2ccccc2c1O. The first-order chi connectivity index (χ1) is 12.5. The van der Waals surface area contributed by atoms with Crippen LogP contribution in [0.4, 0.5) is 11.4 Å². The number of nitrogens with zero attached hydrogens (tertiary/aromatic N) is 1. The number of non-ortho nitro benzene ring substituents is 1. The van der Waals surface area contributed by atoms with Crippen LogP contribution in [0.5, 0.6) is 5.75 Å². The van der Waals surface area contributed by atoms with Crippen molar-refractivity contribution in [1.29, 1.82) is 0 Å². The van der Waals surface area contributed by atoms with Gasteiger partial charge in [-0.2, -0.15) is 0 Å². The number of nitro benzene ring substituents is 1. The maximum absolute atomic E-state index is 12.6. The van der Waals surface area contributed by atoms with E-state index in [4.69, 9.17) is 0 Å². The highest BCUT2D eigenvalue weighted by Crippen LogP contribution is 2.30. The van der Waals surface area contributed by atoms with Crippen molar-refractivity contribution in [2.75, 3.05) is 5.32 Å². The summed E-state index contributed by atoms with van der Waals surface area (Å²) in [4.78, 5) is 23.2. The third-order valence-electron chi connectivity index (χ3n) is 4.21. The van der Waals surface area contributed by atoms with Crippen LogP contribution in [-0.2, 0) is 6.42 Å². The van der Waals surface area contributed by atoms with Crippen molar-refractivity contribution in [2.24, 2.45) is 0 Å². The number of anilines is 1. The lowest BCUT2D eigenvalue weighted by molar-refractivity contribution is -0.384. The van der Waals surface area contributed by atoms with Crippen LogP contribution in [0.3, 0.4) is 0 Å². The van der Waals surface area contributed by atoms with Gasteiger partial charge in [0.05, 0.1) is 10.5 Å². The molecule has 6 heteroatoms. The minimum Gasteiger partial charge on any atom is -0.506 e. The molecule has 0 saturated carbocycles. The summed E-state index contributed by atoms with van der Waals surface area (Å²) in [5.74, 6) is -0.543. The molecule has 0 radical (unpaired) electrons. The number of benzene rings is 3. The molecular weight excluding hydrogens is 332 g/mol. The van der Waals surface area contributed by atoms with Gasteiger partial charge >= 0.3 is 0 Å². The number of nitrogens with one attached hydrogen (secondary N) is 1. The maximum atomic E-state index is 12.6. The molecule has 3 rings (SSSR count). The second-order valence-corrected chi connectivity index (χ2v) is 5.99. The number of phenols is 1. The molecule has 0 aliphatic carbocycles. The lowest BCUT2D eigenvalue weighted by atomic mass is 10.0. The number of aryl methyl sites for hydroxylation is 1. The number of fused-ring (bicyclic) bond motifs is 1. The van der Waals surface area contributed by atoms with Crippen LogP contribution in [0.25, 0.3) is 10.8 Å². The molecular formula is C20H18N2O4. The lowest BCUT2D eigenvalue weighted by Crippen LogP contribution is -2.14. The molecule has 0 aromatic heterocycles. The summed E-state index contributed by atoms with van der Waals surface area (Å²) >= 11 is 0. The van der Waals surface area contributed by atoms with Gasteiger partial charge in [-0.15, -0.1) is 0 Å². The van der Waals surface area contributed by atoms with Gasteiger partial charge in [0.1, 0.15) is 5.75 Å². The van der Waals surface area contributed by atoms with Gasteiger partial charge in [-0.05, 0) is 29.5 Å². The van der Waals surface area contributed by atoms with E-state index in [2.05, 4.69) is 5.32 Å². The fourth-order valence-corrected chi connectivity index (χ4v) is 2.92. The first-order valence-corrected chi connectivity index (χ1v) is 8.30. The van der Waals surface area contributed by atoms with Gasteiger partial charge in [-0.25, -0.2) is 0 Å². The van der Waals surface area contributed by atoms with Gasteiger partial charge in [0.15, 0.2) is 0 Å². The monoisotopic (exact) mass is 350 g/mol. The van der Waals surface area contributed by atoms with Crippen molar-refractivity contribution < 1.29 is 14.8 Å². The van der Waals surface area contributed by atoms with Gasteiger partial charge in [0.25, 0.3) is 11.6 Å². The van der Waals surface area contributed by atoms with E-state index in [0.29, 0.717) is 23.1 Å². The van der Waals surface area contributed by atoms with Crippen LogP contribution in [0.15, 0.2) is 54.6 Å². The van der Waals surface area contributed by atoms with E-state index in [-0.39, 0.29) is 17.0 Å². The van der Waals surface area contributed by atoms with Crippen molar-refractivity contribution >= 4 is 28.1 Å². The Morgan fingerprint density at radius 1 is 1.15 bits per heavy atom. The van der Waals surface area contributed by atoms with Crippen molar-refractivity contribution in [2.45, 2.75) is 19.8 Å². The average Bonchev–Trinajstić information content (AvgIpc) is 2.63. The fraction of sp³-hybridized carbons (Fsp3) is 0.150. The quantitative estimate of drug-likeness (QED) is 0.517. The molecule has 0 bridgehead atoms. The average molecular weight is 350 g/mol. The lowest BCUT2D eigenvalue weighted by Gasteiger charge is -2.12. The summed E-state index contributed by atoms with van der Waals surface area (Å²) < 4.78 is 0. The molecule has 0 fully saturated rings. The number of nitro groups is 1. The Bertz CT molecular complexity index is 998. The Labute approximate surface area is 150 Å². The smallest absolute Gasteiger partial charge is 0.269 e. The van der Waals surface area contributed by atoms with Crippen LogP contribution >= 0.6 is 0 Å². The fourth-order valence-electron chi connectivity index (χ4n) is 2.92. The molecule has 3 aromatic carbocycles. The Hall–Kier alpha value is -3.41. The second kappa shape index (κ2) is 7.23. The molecule has 3 aromatic rings. The number of rotatable bonds is 5. The first-order valence-electron chi connectivity index (χ1n) is 8.30. The van der Waals surface area contributed by atoms with Gasteiger partial charge < -0.3 is 10.4 Å². The topological polar surface area (TPSA) is 92.5 Å². The largest absolute Gasteiger partial charge is 0.506 e.